The molecule has 19 heavy (non-hydrogen) atoms. The summed E-state index contributed by atoms with van der Waals surface area (Å²) < 4.78 is 5.26. The number of aliphatic hydroxyl groups is 1. The average Bonchev–Trinajstić information content (AvgIpc) is 2.39. The SMILES string of the molecule is CC1CCCNC1C(=O)N(C)CC1(O)CCOCC1. The smallest absolute Gasteiger partial charge is 0.239 e. The monoisotopic (exact) mass is 270 g/mol. The summed E-state index contributed by atoms with van der Waals surface area (Å²) in [6, 6.07) is -0.0952. The van der Waals surface area contributed by atoms with Crippen LogP contribution >= 0.6 is 0 Å². The Morgan fingerprint density at radius 2 is 2.16 bits per heavy atom. The van der Waals surface area contributed by atoms with Gasteiger partial charge in [0.2, 0.25) is 5.91 Å². The maximum absolute atomic E-state index is 12.4. The summed E-state index contributed by atoms with van der Waals surface area (Å²) in [6.45, 7) is 4.59. The summed E-state index contributed by atoms with van der Waals surface area (Å²) in [4.78, 5) is 14.1. The summed E-state index contributed by atoms with van der Waals surface area (Å²) in [6.07, 6.45) is 3.45. The molecule has 2 heterocycles. The topological polar surface area (TPSA) is 61.8 Å². The molecule has 0 saturated carbocycles. The van der Waals surface area contributed by atoms with Crippen molar-refractivity contribution >= 4 is 5.91 Å². The van der Waals surface area contributed by atoms with Crippen molar-refractivity contribution in [3.05, 3.63) is 0 Å². The first-order chi connectivity index (χ1) is 9.02. The fraction of sp³-hybridized carbons (Fsp3) is 0.929. The number of likely N-dealkylation sites (N-methyl/N-ethyl adjacent to an activating group) is 1. The van der Waals surface area contributed by atoms with Crippen LogP contribution in [0.15, 0.2) is 0 Å². The number of carbonyl (C=O) groups is 1. The number of carbonyl (C=O) groups excluding carboxylic acids is 1. The minimum Gasteiger partial charge on any atom is -0.388 e. The molecule has 0 aliphatic carbocycles. The molecule has 0 spiro atoms. The van der Waals surface area contributed by atoms with Gasteiger partial charge in [0.25, 0.3) is 0 Å². The second kappa shape index (κ2) is 6.20. The number of piperidine rings is 1. The minimum atomic E-state index is -0.777. The summed E-state index contributed by atoms with van der Waals surface area (Å²) in [5.41, 5.74) is -0.777. The first kappa shape index (κ1) is 14.8. The minimum absolute atomic E-state index is 0.0952. The lowest BCUT2D eigenvalue weighted by Crippen LogP contribution is -2.55. The average molecular weight is 270 g/mol. The second-order valence-electron chi connectivity index (χ2n) is 6.08. The summed E-state index contributed by atoms with van der Waals surface area (Å²) in [7, 11) is 1.79. The molecule has 0 aromatic heterocycles. The molecular weight excluding hydrogens is 244 g/mol. The third kappa shape index (κ3) is 3.68. The lowest BCUT2D eigenvalue weighted by atomic mass is 9.90. The van der Waals surface area contributed by atoms with Gasteiger partial charge in [0, 0.05) is 39.6 Å². The molecule has 2 saturated heterocycles. The highest BCUT2D eigenvalue weighted by molar-refractivity contribution is 5.82. The van der Waals surface area contributed by atoms with Crippen LogP contribution in [0, 0.1) is 5.92 Å². The lowest BCUT2D eigenvalue weighted by molar-refractivity contribution is -0.140. The fourth-order valence-electron chi connectivity index (χ4n) is 3.05. The van der Waals surface area contributed by atoms with Gasteiger partial charge in [-0.05, 0) is 25.3 Å². The molecule has 5 nitrogen and oxygen atoms in total. The molecule has 2 aliphatic heterocycles. The van der Waals surface area contributed by atoms with E-state index in [1.807, 2.05) is 0 Å². The largest absolute Gasteiger partial charge is 0.388 e. The van der Waals surface area contributed by atoms with Gasteiger partial charge in [0.15, 0.2) is 0 Å². The highest BCUT2D eigenvalue weighted by Crippen LogP contribution is 2.23. The van der Waals surface area contributed by atoms with Crippen molar-refractivity contribution in [2.45, 2.75) is 44.2 Å². The van der Waals surface area contributed by atoms with Crippen LogP contribution < -0.4 is 5.32 Å². The number of ether oxygens (including phenoxy) is 1. The molecule has 1 amide bonds. The molecule has 2 unspecified atom stereocenters. The number of hydrogen-bond acceptors (Lipinski definition) is 4. The molecule has 0 aromatic carbocycles. The molecular formula is C14H26N2O3. The number of rotatable bonds is 3. The molecule has 2 N–H and O–H groups in total. The molecule has 0 aromatic rings. The zero-order valence-corrected chi connectivity index (χ0v) is 12.0. The van der Waals surface area contributed by atoms with Gasteiger partial charge in [-0.25, -0.2) is 0 Å². The summed E-state index contributed by atoms with van der Waals surface area (Å²) in [5, 5.41) is 13.8. The summed E-state index contributed by atoms with van der Waals surface area (Å²) in [5.74, 6) is 0.472. The van der Waals surface area contributed by atoms with E-state index in [1.165, 1.54) is 0 Å². The molecule has 5 heteroatoms. The fourth-order valence-corrected chi connectivity index (χ4v) is 3.05. The van der Waals surface area contributed by atoms with Gasteiger partial charge in [-0.2, -0.15) is 0 Å². The van der Waals surface area contributed by atoms with E-state index in [0.29, 0.717) is 38.5 Å². The van der Waals surface area contributed by atoms with Crippen LogP contribution in [0.2, 0.25) is 0 Å². The van der Waals surface area contributed by atoms with E-state index in [1.54, 1.807) is 11.9 Å². The Kier molecular flexibility index (Phi) is 4.81. The predicted octanol–water partition coefficient (Wildman–Crippen LogP) is 0.374. The Morgan fingerprint density at radius 1 is 1.47 bits per heavy atom. The van der Waals surface area contributed by atoms with E-state index in [4.69, 9.17) is 4.74 Å². The lowest BCUT2D eigenvalue weighted by Gasteiger charge is -2.38. The van der Waals surface area contributed by atoms with Gasteiger partial charge in [-0.1, -0.05) is 6.92 Å². The Bertz CT molecular complexity index is 316. The van der Waals surface area contributed by atoms with Crippen LogP contribution in [0.4, 0.5) is 0 Å². The van der Waals surface area contributed by atoms with E-state index in [2.05, 4.69) is 12.2 Å². The second-order valence-corrected chi connectivity index (χ2v) is 6.08. The summed E-state index contributed by atoms with van der Waals surface area (Å²) >= 11 is 0. The van der Waals surface area contributed by atoms with Gasteiger partial charge < -0.3 is 20.1 Å². The number of hydrogen-bond donors (Lipinski definition) is 2. The van der Waals surface area contributed by atoms with Crippen LogP contribution in [0.3, 0.4) is 0 Å². The maximum Gasteiger partial charge on any atom is 0.239 e. The zero-order chi connectivity index (χ0) is 13.9. The molecule has 110 valence electrons. The van der Waals surface area contributed by atoms with Crippen molar-refractivity contribution in [3.8, 4) is 0 Å². The number of amides is 1. The van der Waals surface area contributed by atoms with Crippen LogP contribution in [0.1, 0.15) is 32.6 Å². The van der Waals surface area contributed by atoms with Gasteiger partial charge in [0.05, 0.1) is 11.6 Å². The molecule has 2 rings (SSSR count). The Labute approximate surface area is 115 Å². The van der Waals surface area contributed by atoms with Gasteiger partial charge >= 0.3 is 0 Å². The number of nitrogens with zero attached hydrogens (tertiary/aromatic N) is 1. The Morgan fingerprint density at radius 3 is 2.79 bits per heavy atom. The Balaban J connectivity index is 1.91. The first-order valence-electron chi connectivity index (χ1n) is 7.30. The van der Waals surface area contributed by atoms with E-state index in [9.17, 15) is 9.90 Å². The van der Waals surface area contributed by atoms with Crippen LogP contribution in [0.5, 0.6) is 0 Å². The highest BCUT2D eigenvalue weighted by atomic mass is 16.5. The Hall–Kier alpha value is -0.650. The van der Waals surface area contributed by atoms with Gasteiger partial charge in [0.1, 0.15) is 0 Å². The molecule has 0 bridgehead atoms. The molecule has 0 radical (unpaired) electrons. The van der Waals surface area contributed by atoms with Crippen molar-refractivity contribution in [3.63, 3.8) is 0 Å². The normalized spacial score (nSPS) is 30.9. The highest BCUT2D eigenvalue weighted by Gasteiger charge is 2.35. The van der Waals surface area contributed by atoms with Crippen LogP contribution in [0.25, 0.3) is 0 Å². The van der Waals surface area contributed by atoms with Crippen molar-refractivity contribution in [2.75, 3.05) is 33.4 Å². The van der Waals surface area contributed by atoms with Gasteiger partial charge in [-0.15, -0.1) is 0 Å². The van der Waals surface area contributed by atoms with Crippen LogP contribution in [-0.2, 0) is 9.53 Å². The van der Waals surface area contributed by atoms with Crippen molar-refractivity contribution in [2.24, 2.45) is 5.92 Å². The van der Waals surface area contributed by atoms with E-state index < -0.39 is 5.60 Å². The molecule has 2 fully saturated rings. The van der Waals surface area contributed by atoms with Crippen LogP contribution in [-0.4, -0.2) is 60.9 Å². The van der Waals surface area contributed by atoms with Gasteiger partial charge in [-0.3, -0.25) is 4.79 Å². The van der Waals surface area contributed by atoms with E-state index in [0.717, 1.165) is 19.4 Å². The van der Waals surface area contributed by atoms with E-state index >= 15 is 0 Å². The predicted molar refractivity (Wildman–Crippen MR) is 72.8 cm³/mol. The molecule has 2 atom stereocenters. The zero-order valence-electron chi connectivity index (χ0n) is 12.0. The van der Waals surface area contributed by atoms with Crippen molar-refractivity contribution in [1.29, 1.82) is 0 Å². The molecule has 2 aliphatic rings. The maximum atomic E-state index is 12.4. The third-order valence-electron chi connectivity index (χ3n) is 4.37. The quantitative estimate of drug-likeness (QED) is 0.778. The number of nitrogens with one attached hydrogen (secondary N) is 1. The standard InChI is InChI=1S/C14H26N2O3/c1-11-4-3-7-15-12(11)13(17)16(2)10-14(18)5-8-19-9-6-14/h11-12,15,18H,3-10H2,1-2H3. The van der Waals surface area contributed by atoms with Crippen molar-refractivity contribution < 1.29 is 14.6 Å². The third-order valence-corrected chi connectivity index (χ3v) is 4.37. The van der Waals surface area contributed by atoms with Crippen molar-refractivity contribution in [1.82, 2.24) is 10.2 Å². The van der Waals surface area contributed by atoms with E-state index in [-0.39, 0.29) is 11.9 Å². The first-order valence-corrected chi connectivity index (χ1v) is 7.30.